The molecule has 1 rings (SSSR count). The maximum absolute atomic E-state index is 11.7. The zero-order valence-corrected chi connectivity index (χ0v) is 12.8. The maximum Gasteiger partial charge on any atom is 0.336 e. The standard InChI is InChI=1S/C13H27NO3S/c1-5-7-12-10-13(4,9-6-8-11(2)3)14-18(15,16)17-12/h11-12,14H,5-10H2,1-4H3/t12-,13+/m1/s1. The molecule has 0 amide bonds. The van der Waals surface area contributed by atoms with Crippen molar-refractivity contribution in [3.8, 4) is 0 Å². The Balaban J connectivity index is 2.61. The van der Waals surface area contributed by atoms with Gasteiger partial charge in [-0.3, -0.25) is 4.18 Å². The number of nitrogens with one attached hydrogen (secondary N) is 1. The third-order valence-corrected chi connectivity index (χ3v) is 4.70. The number of hydrogen-bond acceptors (Lipinski definition) is 3. The number of hydrogen-bond donors (Lipinski definition) is 1. The molecule has 1 aliphatic rings. The summed E-state index contributed by atoms with van der Waals surface area (Å²) in [7, 11) is -3.56. The summed E-state index contributed by atoms with van der Waals surface area (Å²) < 4.78 is 31.2. The van der Waals surface area contributed by atoms with E-state index in [9.17, 15) is 8.42 Å². The molecule has 2 atom stereocenters. The fourth-order valence-electron chi connectivity index (χ4n) is 2.61. The first-order valence-corrected chi connectivity index (χ1v) is 8.39. The molecule has 1 fully saturated rings. The first-order chi connectivity index (χ1) is 8.26. The van der Waals surface area contributed by atoms with Gasteiger partial charge in [-0.1, -0.05) is 40.0 Å². The van der Waals surface area contributed by atoms with Crippen molar-refractivity contribution in [2.75, 3.05) is 0 Å². The summed E-state index contributed by atoms with van der Waals surface area (Å²) in [6, 6.07) is 0. The van der Waals surface area contributed by atoms with E-state index >= 15 is 0 Å². The lowest BCUT2D eigenvalue weighted by molar-refractivity contribution is 0.110. The van der Waals surface area contributed by atoms with Crippen molar-refractivity contribution in [3.63, 3.8) is 0 Å². The molecule has 0 bridgehead atoms. The molecule has 0 unspecified atom stereocenters. The average molecular weight is 277 g/mol. The first kappa shape index (κ1) is 15.9. The van der Waals surface area contributed by atoms with Gasteiger partial charge in [-0.2, -0.15) is 13.1 Å². The fourth-order valence-corrected chi connectivity index (χ4v) is 3.97. The Morgan fingerprint density at radius 1 is 1.44 bits per heavy atom. The van der Waals surface area contributed by atoms with Gasteiger partial charge in [-0.25, -0.2) is 0 Å². The SMILES string of the molecule is CCC[C@@H]1C[C@](C)(CCCC(C)C)NS(=O)(=O)O1. The molecule has 0 spiro atoms. The summed E-state index contributed by atoms with van der Waals surface area (Å²) in [6.07, 6.45) is 5.44. The van der Waals surface area contributed by atoms with Crippen LogP contribution < -0.4 is 4.72 Å². The zero-order valence-electron chi connectivity index (χ0n) is 12.0. The lowest BCUT2D eigenvalue weighted by atomic mass is 9.87. The van der Waals surface area contributed by atoms with Gasteiger partial charge in [0.05, 0.1) is 6.10 Å². The molecule has 1 heterocycles. The van der Waals surface area contributed by atoms with E-state index in [1.165, 1.54) is 0 Å². The molecule has 108 valence electrons. The van der Waals surface area contributed by atoms with Crippen LogP contribution in [0.1, 0.15) is 66.2 Å². The van der Waals surface area contributed by atoms with Gasteiger partial charge in [-0.15, -0.1) is 0 Å². The van der Waals surface area contributed by atoms with Crippen molar-refractivity contribution >= 4 is 10.3 Å². The minimum atomic E-state index is -3.56. The summed E-state index contributed by atoms with van der Waals surface area (Å²) in [5, 5.41) is 0. The summed E-state index contributed by atoms with van der Waals surface area (Å²) in [5.74, 6) is 0.663. The molecule has 1 saturated heterocycles. The molecule has 0 aromatic heterocycles. The molecule has 0 radical (unpaired) electrons. The summed E-state index contributed by atoms with van der Waals surface area (Å²) in [6.45, 7) is 8.43. The van der Waals surface area contributed by atoms with Crippen LogP contribution in [0.5, 0.6) is 0 Å². The van der Waals surface area contributed by atoms with Crippen LogP contribution in [-0.4, -0.2) is 20.1 Å². The highest BCUT2D eigenvalue weighted by Gasteiger charge is 2.39. The monoisotopic (exact) mass is 277 g/mol. The van der Waals surface area contributed by atoms with Crippen LogP contribution in [0.15, 0.2) is 0 Å². The van der Waals surface area contributed by atoms with Crippen LogP contribution in [0, 0.1) is 5.92 Å². The molecule has 0 aromatic rings. The molecule has 0 aliphatic carbocycles. The molecule has 0 aromatic carbocycles. The van der Waals surface area contributed by atoms with Gasteiger partial charge in [-0.05, 0) is 32.1 Å². The van der Waals surface area contributed by atoms with Crippen molar-refractivity contribution in [3.05, 3.63) is 0 Å². The van der Waals surface area contributed by atoms with E-state index < -0.39 is 10.3 Å². The van der Waals surface area contributed by atoms with Crippen LogP contribution in [0.3, 0.4) is 0 Å². The van der Waals surface area contributed by atoms with Gasteiger partial charge in [0, 0.05) is 5.54 Å². The van der Waals surface area contributed by atoms with E-state index in [-0.39, 0.29) is 11.6 Å². The van der Waals surface area contributed by atoms with E-state index in [0.29, 0.717) is 5.92 Å². The lowest BCUT2D eigenvalue weighted by Gasteiger charge is -2.38. The Hall–Kier alpha value is -0.130. The summed E-state index contributed by atoms with van der Waals surface area (Å²) in [4.78, 5) is 0. The minimum Gasteiger partial charge on any atom is -0.255 e. The Labute approximate surface area is 112 Å². The third-order valence-electron chi connectivity index (χ3n) is 3.43. The van der Waals surface area contributed by atoms with Gasteiger partial charge < -0.3 is 0 Å². The molecule has 18 heavy (non-hydrogen) atoms. The van der Waals surface area contributed by atoms with E-state index in [4.69, 9.17) is 4.18 Å². The smallest absolute Gasteiger partial charge is 0.255 e. The van der Waals surface area contributed by atoms with Crippen LogP contribution in [-0.2, 0) is 14.5 Å². The van der Waals surface area contributed by atoms with Crippen LogP contribution >= 0.6 is 0 Å². The van der Waals surface area contributed by atoms with Gasteiger partial charge in [0.2, 0.25) is 0 Å². The third kappa shape index (κ3) is 5.24. The van der Waals surface area contributed by atoms with Gasteiger partial charge >= 0.3 is 10.3 Å². The lowest BCUT2D eigenvalue weighted by Crippen LogP contribution is -2.54. The van der Waals surface area contributed by atoms with Crippen molar-refractivity contribution in [1.29, 1.82) is 0 Å². The molecule has 1 aliphatic heterocycles. The Morgan fingerprint density at radius 3 is 2.67 bits per heavy atom. The largest absolute Gasteiger partial charge is 0.336 e. The summed E-state index contributed by atoms with van der Waals surface area (Å²) >= 11 is 0. The molecule has 0 saturated carbocycles. The van der Waals surface area contributed by atoms with Crippen LogP contribution in [0.25, 0.3) is 0 Å². The molecule has 4 nitrogen and oxygen atoms in total. The van der Waals surface area contributed by atoms with Gasteiger partial charge in [0.15, 0.2) is 0 Å². The summed E-state index contributed by atoms with van der Waals surface area (Å²) in [5.41, 5.74) is -0.341. The first-order valence-electron chi connectivity index (χ1n) is 6.98. The number of rotatable bonds is 6. The molecule has 5 heteroatoms. The second kappa shape index (κ2) is 6.35. The molecular formula is C13H27NO3S. The quantitative estimate of drug-likeness (QED) is 0.812. The highest BCUT2D eigenvalue weighted by atomic mass is 32.2. The Kier molecular flexibility index (Phi) is 5.62. The van der Waals surface area contributed by atoms with E-state index in [1.54, 1.807) is 0 Å². The van der Waals surface area contributed by atoms with Crippen LogP contribution in [0.2, 0.25) is 0 Å². The second-order valence-electron chi connectivity index (χ2n) is 6.11. The van der Waals surface area contributed by atoms with Gasteiger partial charge in [0.25, 0.3) is 0 Å². The van der Waals surface area contributed by atoms with E-state index in [2.05, 4.69) is 18.6 Å². The highest BCUT2D eigenvalue weighted by molar-refractivity contribution is 7.84. The predicted octanol–water partition coefficient (Wildman–Crippen LogP) is 2.99. The highest BCUT2D eigenvalue weighted by Crippen LogP contribution is 2.30. The Morgan fingerprint density at radius 2 is 2.11 bits per heavy atom. The van der Waals surface area contributed by atoms with Crippen molar-refractivity contribution in [2.24, 2.45) is 5.92 Å². The van der Waals surface area contributed by atoms with Gasteiger partial charge in [0.1, 0.15) is 0 Å². The van der Waals surface area contributed by atoms with Crippen molar-refractivity contribution in [2.45, 2.75) is 77.9 Å². The average Bonchev–Trinajstić information content (AvgIpc) is 2.13. The predicted molar refractivity (Wildman–Crippen MR) is 73.5 cm³/mol. The maximum atomic E-state index is 11.7. The minimum absolute atomic E-state index is 0.162. The normalized spacial score (nSPS) is 31.7. The molecule has 1 N–H and O–H groups in total. The second-order valence-corrected chi connectivity index (χ2v) is 7.42. The zero-order chi connectivity index (χ0) is 13.8. The van der Waals surface area contributed by atoms with Crippen molar-refractivity contribution < 1.29 is 12.6 Å². The van der Waals surface area contributed by atoms with Crippen molar-refractivity contribution in [1.82, 2.24) is 4.72 Å². The topological polar surface area (TPSA) is 55.4 Å². The Bertz CT molecular complexity index is 353. The van der Waals surface area contributed by atoms with E-state index in [1.807, 2.05) is 13.8 Å². The fraction of sp³-hybridized carbons (Fsp3) is 1.00. The van der Waals surface area contributed by atoms with Crippen LogP contribution in [0.4, 0.5) is 0 Å². The van der Waals surface area contributed by atoms with E-state index in [0.717, 1.165) is 38.5 Å². The molecular weight excluding hydrogens is 250 g/mol.